The topological polar surface area (TPSA) is 49.7 Å². The van der Waals surface area contributed by atoms with Gasteiger partial charge in [-0.25, -0.2) is 5.01 Å². The highest BCUT2D eigenvalue weighted by molar-refractivity contribution is 5.88. The Kier molecular flexibility index (Phi) is 2.18. The monoisotopic (exact) mass is 184 g/mol. The summed E-state index contributed by atoms with van der Waals surface area (Å²) in [6, 6.07) is 0. The second kappa shape index (κ2) is 2.79. The fourth-order valence-electron chi connectivity index (χ4n) is 1.92. The fourth-order valence-corrected chi connectivity index (χ4v) is 1.92. The van der Waals surface area contributed by atoms with E-state index in [4.69, 9.17) is 0 Å². The van der Waals surface area contributed by atoms with E-state index in [1.54, 1.807) is 13.8 Å². The summed E-state index contributed by atoms with van der Waals surface area (Å²) in [4.78, 5) is 22.2. The molecule has 0 unspecified atom stereocenters. The van der Waals surface area contributed by atoms with Crippen LogP contribution in [0.15, 0.2) is 5.29 Å². The van der Waals surface area contributed by atoms with Crippen molar-refractivity contribution in [3.05, 3.63) is 4.91 Å². The molecule has 0 amide bonds. The Bertz CT molecular complexity index is 246. The van der Waals surface area contributed by atoms with Crippen LogP contribution in [0.5, 0.6) is 0 Å². The van der Waals surface area contributed by atoms with Crippen molar-refractivity contribution in [3.8, 4) is 0 Å². The lowest BCUT2D eigenvalue weighted by Crippen LogP contribution is -2.60. The Morgan fingerprint density at radius 2 is 1.85 bits per heavy atom. The highest BCUT2D eigenvalue weighted by Gasteiger charge is 2.47. The van der Waals surface area contributed by atoms with E-state index in [-0.39, 0.29) is 11.3 Å². The molecule has 0 aromatic rings. The lowest BCUT2D eigenvalue weighted by atomic mass is 9.81. The van der Waals surface area contributed by atoms with E-state index in [0.29, 0.717) is 12.8 Å². The first-order valence-corrected chi connectivity index (χ1v) is 4.49. The van der Waals surface area contributed by atoms with Gasteiger partial charge in [0, 0.05) is 6.42 Å². The van der Waals surface area contributed by atoms with Gasteiger partial charge in [0.1, 0.15) is 5.54 Å². The van der Waals surface area contributed by atoms with Crippen molar-refractivity contribution in [1.29, 1.82) is 0 Å². The van der Waals surface area contributed by atoms with Gasteiger partial charge in [0.05, 0.1) is 10.8 Å². The molecular formula is C9H16N2O2. The molecule has 4 nitrogen and oxygen atoms in total. The highest BCUT2D eigenvalue weighted by Crippen LogP contribution is 2.35. The molecule has 0 N–H and O–H groups in total. The molecule has 13 heavy (non-hydrogen) atoms. The molecular weight excluding hydrogens is 168 g/mol. The third-order valence-electron chi connectivity index (χ3n) is 2.83. The number of hydrogen-bond donors (Lipinski definition) is 0. The first kappa shape index (κ1) is 10.2. The van der Waals surface area contributed by atoms with Crippen molar-refractivity contribution in [2.24, 2.45) is 5.29 Å². The number of carbonyl (C=O) groups excluding carboxylic acids is 1. The van der Waals surface area contributed by atoms with Gasteiger partial charge in [-0.2, -0.15) is 0 Å². The van der Waals surface area contributed by atoms with Gasteiger partial charge in [0.2, 0.25) is 0 Å². The van der Waals surface area contributed by atoms with Crippen molar-refractivity contribution in [2.75, 3.05) is 0 Å². The molecule has 1 saturated heterocycles. The number of nitrogens with zero attached hydrogens (tertiary/aromatic N) is 2. The molecule has 1 rings (SSSR count). The molecule has 0 spiro atoms. The Morgan fingerprint density at radius 3 is 2.23 bits per heavy atom. The molecule has 0 aromatic carbocycles. The molecule has 0 saturated carbocycles. The summed E-state index contributed by atoms with van der Waals surface area (Å²) in [5.41, 5.74) is -1.05. The van der Waals surface area contributed by atoms with Crippen LogP contribution in [-0.2, 0) is 4.79 Å². The van der Waals surface area contributed by atoms with Gasteiger partial charge in [-0.3, -0.25) is 4.79 Å². The predicted octanol–water partition coefficient (Wildman–Crippen LogP) is 1.89. The van der Waals surface area contributed by atoms with Crippen LogP contribution in [0.25, 0.3) is 0 Å². The Morgan fingerprint density at radius 1 is 1.31 bits per heavy atom. The van der Waals surface area contributed by atoms with Crippen molar-refractivity contribution in [2.45, 2.75) is 51.6 Å². The van der Waals surface area contributed by atoms with Gasteiger partial charge < -0.3 is 0 Å². The molecule has 0 bridgehead atoms. The summed E-state index contributed by atoms with van der Waals surface area (Å²) in [5, 5.41) is 4.35. The van der Waals surface area contributed by atoms with E-state index < -0.39 is 5.54 Å². The zero-order chi connectivity index (χ0) is 10.3. The van der Waals surface area contributed by atoms with Gasteiger partial charge in [-0.05, 0) is 34.1 Å². The van der Waals surface area contributed by atoms with E-state index in [1.807, 2.05) is 13.8 Å². The smallest absolute Gasteiger partial charge is 0.159 e. The summed E-state index contributed by atoms with van der Waals surface area (Å²) < 4.78 is 0. The van der Waals surface area contributed by atoms with Crippen molar-refractivity contribution < 1.29 is 4.79 Å². The van der Waals surface area contributed by atoms with E-state index in [0.717, 1.165) is 0 Å². The van der Waals surface area contributed by atoms with Gasteiger partial charge in [-0.1, -0.05) is 0 Å². The van der Waals surface area contributed by atoms with E-state index >= 15 is 0 Å². The molecule has 1 fully saturated rings. The molecule has 0 radical (unpaired) electrons. The average Bonchev–Trinajstić information content (AvgIpc) is 1.98. The summed E-state index contributed by atoms with van der Waals surface area (Å²) in [6.07, 6.45) is 1.23. The minimum Gasteiger partial charge on any atom is -0.297 e. The van der Waals surface area contributed by atoms with E-state index in [2.05, 4.69) is 5.29 Å². The maximum atomic E-state index is 11.5. The number of carbonyl (C=O) groups is 1. The number of piperidine rings is 1. The summed E-state index contributed by atoms with van der Waals surface area (Å²) in [5.74, 6) is 0.0893. The van der Waals surface area contributed by atoms with Gasteiger partial charge in [0.25, 0.3) is 0 Å². The molecule has 4 heteroatoms. The quantitative estimate of drug-likeness (QED) is 0.585. The molecule has 1 heterocycles. The molecule has 0 aromatic heterocycles. The molecule has 0 atom stereocenters. The van der Waals surface area contributed by atoms with Crippen LogP contribution in [0.4, 0.5) is 0 Å². The summed E-state index contributed by atoms with van der Waals surface area (Å²) >= 11 is 0. The van der Waals surface area contributed by atoms with Crippen molar-refractivity contribution >= 4 is 5.78 Å². The van der Waals surface area contributed by atoms with Gasteiger partial charge in [0.15, 0.2) is 5.78 Å². The SMILES string of the molecule is CC1(C)CCC(=O)C(C)(C)N1N=O. The lowest BCUT2D eigenvalue weighted by molar-refractivity contribution is -0.140. The number of hydrogen-bond acceptors (Lipinski definition) is 3. The first-order chi connectivity index (χ1) is 5.82. The highest BCUT2D eigenvalue weighted by atomic mass is 16.3. The summed E-state index contributed by atoms with van der Waals surface area (Å²) in [6.45, 7) is 7.36. The number of ketones is 1. The van der Waals surface area contributed by atoms with Gasteiger partial charge in [-0.15, -0.1) is 4.91 Å². The second-order valence-corrected chi connectivity index (χ2v) is 4.69. The fraction of sp³-hybridized carbons (Fsp3) is 0.889. The van der Waals surface area contributed by atoms with Crippen LogP contribution < -0.4 is 0 Å². The third-order valence-corrected chi connectivity index (χ3v) is 2.83. The molecule has 74 valence electrons. The van der Waals surface area contributed by atoms with Crippen molar-refractivity contribution in [3.63, 3.8) is 0 Å². The van der Waals surface area contributed by atoms with Gasteiger partial charge >= 0.3 is 0 Å². The van der Waals surface area contributed by atoms with Crippen LogP contribution >= 0.6 is 0 Å². The average molecular weight is 184 g/mol. The zero-order valence-electron chi connectivity index (χ0n) is 8.63. The molecule has 1 aliphatic heterocycles. The number of nitroso groups, excluding NO2 is 1. The number of rotatable bonds is 1. The maximum absolute atomic E-state index is 11.5. The van der Waals surface area contributed by atoms with Crippen LogP contribution in [0.1, 0.15) is 40.5 Å². The van der Waals surface area contributed by atoms with E-state index in [1.165, 1.54) is 5.01 Å². The third kappa shape index (κ3) is 1.45. The zero-order valence-corrected chi connectivity index (χ0v) is 8.63. The largest absolute Gasteiger partial charge is 0.297 e. The minimum atomic E-state index is -0.747. The molecule has 1 aliphatic rings. The Labute approximate surface area is 78.2 Å². The minimum absolute atomic E-state index is 0.0893. The summed E-state index contributed by atoms with van der Waals surface area (Å²) in [7, 11) is 0. The van der Waals surface area contributed by atoms with Crippen LogP contribution in [0.3, 0.4) is 0 Å². The first-order valence-electron chi connectivity index (χ1n) is 4.49. The van der Waals surface area contributed by atoms with Crippen molar-refractivity contribution in [1.82, 2.24) is 5.01 Å². The standard InChI is InChI=1S/C9H16N2O2/c1-8(2)6-5-7(12)9(3,4)11(8)10-13/h5-6H2,1-4H3. The predicted molar refractivity (Wildman–Crippen MR) is 50.0 cm³/mol. The van der Waals surface area contributed by atoms with E-state index in [9.17, 15) is 9.70 Å². The maximum Gasteiger partial charge on any atom is 0.159 e. The Hall–Kier alpha value is -0.930. The van der Waals surface area contributed by atoms with Crippen LogP contribution in [0, 0.1) is 4.91 Å². The number of Topliss-reactive ketones (excluding diaryl/α,β-unsaturated/α-hetero) is 1. The Balaban J connectivity index is 3.05. The normalized spacial score (nSPS) is 25.8. The molecule has 0 aliphatic carbocycles. The second-order valence-electron chi connectivity index (χ2n) is 4.69. The lowest BCUT2D eigenvalue weighted by Gasteiger charge is -2.47. The van der Waals surface area contributed by atoms with Crippen LogP contribution in [-0.4, -0.2) is 21.9 Å². The van der Waals surface area contributed by atoms with Crippen LogP contribution in [0.2, 0.25) is 0 Å².